The number of amides is 1. The van der Waals surface area contributed by atoms with E-state index in [1.54, 1.807) is 12.1 Å². The summed E-state index contributed by atoms with van der Waals surface area (Å²) in [5.41, 5.74) is 9.95. The highest BCUT2D eigenvalue weighted by Gasteiger charge is 2.21. The Labute approximate surface area is 178 Å². The minimum absolute atomic E-state index is 0.303. The molecule has 0 saturated carbocycles. The van der Waals surface area contributed by atoms with Crippen LogP contribution in [-0.2, 0) is 0 Å². The summed E-state index contributed by atoms with van der Waals surface area (Å²) in [6.07, 6.45) is 2.41. The number of piperidine rings is 1. The highest BCUT2D eigenvalue weighted by Crippen LogP contribution is 2.39. The van der Waals surface area contributed by atoms with Crippen molar-refractivity contribution in [3.63, 3.8) is 0 Å². The molecule has 162 valence electrons. The zero-order valence-electron chi connectivity index (χ0n) is 18.4. The molecule has 1 aliphatic rings. The third-order valence-electron chi connectivity index (χ3n) is 5.54. The van der Waals surface area contributed by atoms with Crippen LogP contribution in [0.25, 0.3) is 0 Å². The predicted molar refractivity (Wildman–Crippen MR) is 120 cm³/mol. The minimum atomic E-state index is -0.303. The molecular weight excluding hydrogens is 382 g/mol. The van der Waals surface area contributed by atoms with Crippen molar-refractivity contribution in [2.75, 3.05) is 50.4 Å². The van der Waals surface area contributed by atoms with Crippen molar-refractivity contribution in [2.45, 2.75) is 26.7 Å². The van der Waals surface area contributed by atoms with Crippen molar-refractivity contribution in [1.29, 1.82) is 0 Å². The van der Waals surface area contributed by atoms with Crippen molar-refractivity contribution in [1.82, 2.24) is 0 Å². The number of nitrogens with two attached hydrogens (primary N) is 1. The van der Waals surface area contributed by atoms with Crippen molar-refractivity contribution in [3.8, 4) is 17.2 Å². The molecule has 1 unspecified atom stereocenters. The molecule has 3 N–H and O–H groups in total. The van der Waals surface area contributed by atoms with Crippen LogP contribution in [0.15, 0.2) is 24.3 Å². The maximum Gasteiger partial charge on any atom is 0.255 e. The fraction of sp³-hybridized carbons (Fsp3) is 0.435. The second-order valence-corrected chi connectivity index (χ2v) is 7.79. The first-order valence-corrected chi connectivity index (χ1v) is 10.1. The van der Waals surface area contributed by atoms with Gasteiger partial charge in [0, 0.05) is 24.3 Å². The van der Waals surface area contributed by atoms with Crippen LogP contribution in [0.4, 0.5) is 17.1 Å². The molecule has 30 heavy (non-hydrogen) atoms. The van der Waals surface area contributed by atoms with Gasteiger partial charge < -0.3 is 30.2 Å². The Hall–Kier alpha value is -3.09. The van der Waals surface area contributed by atoms with Crippen LogP contribution in [0.1, 0.15) is 35.7 Å². The fourth-order valence-electron chi connectivity index (χ4n) is 3.98. The molecule has 1 fully saturated rings. The van der Waals surface area contributed by atoms with E-state index >= 15 is 0 Å². The number of carbonyl (C=O) groups is 1. The van der Waals surface area contributed by atoms with Crippen molar-refractivity contribution >= 4 is 23.0 Å². The molecule has 1 amide bonds. The standard InChI is InChI=1S/C23H31N3O4/c1-14-7-6-8-26(13-14)19-12-18(17(24)9-15(19)2)25-23(27)16-10-20(28-3)22(30-5)21(11-16)29-4/h9-12,14H,6-8,13,24H2,1-5H3,(H,25,27). The maximum atomic E-state index is 13.0. The van der Waals surface area contributed by atoms with E-state index < -0.39 is 0 Å². The number of benzene rings is 2. The number of nitrogen functional groups attached to an aromatic ring is 1. The van der Waals surface area contributed by atoms with Crippen LogP contribution in [0, 0.1) is 12.8 Å². The Balaban J connectivity index is 1.91. The van der Waals surface area contributed by atoms with Gasteiger partial charge in [-0.25, -0.2) is 0 Å². The van der Waals surface area contributed by atoms with E-state index in [4.69, 9.17) is 19.9 Å². The molecule has 1 heterocycles. The van der Waals surface area contributed by atoms with E-state index in [9.17, 15) is 4.79 Å². The number of nitrogens with zero attached hydrogens (tertiary/aromatic N) is 1. The minimum Gasteiger partial charge on any atom is -0.493 e. The normalized spacial score (nSPS) is 16.2. The molecule has 1 saturated heterocycles. The summed E-state index contributed by atoms with van der Waals surface area (Å²) in [5, 5.41) is 2.94. The van der Waals surface area contributed by atoms with E-state index in [-0.39, 0.29) is 5.91 Å². The first-order valence-electron chi connectivity index (χ1n) is 10.1. The number of aryl methyl sites for hydroxylation is 1. The largest absolute Gasteiger partial charge is 0.493 e. The summed E-state index contributed by atoms with van der Waals surface area (Å²) in [6.45, 7) is 6.34. The number of ether oxygens (including phenoxy) is 3. The number of methoxy groups -OCH3 is 3. The number of hydrogen-bond donors (Lipinski definition) is 2. The van der Waals surface area contributed by atoms with Gasteiger partial charge in [-0.15, -0.1) is 0 Å². The molecule has 0 aromatic heterocycles. The van der Waals surface area contributed by atoms with E-state index in [1.807, 2.05) is 12.1 Å². The Morgan fingerprint density at radius 3 is 2.33 bits per heavy atom. The molecule has 1 atom stereocenters. The molecule has 0 bridgehead atoms. The second-order valence-electron chi connectivity index (χ2n) is 7.79. The van der Waals surface area contributed by atoms with Crippen LogP contribution >= 0.6 is 0 Å². The van der Waals surface area contributed by atoms with Gasteiger partial charge in [0.1, 0.15) is 0 Å². The zero-order chi connectivity index (χ0) is 21.8. The Morgan fingerprint density at radius 1 is 1.10 bits per heavy atom. The SMILES string of the molecule is COc1cc(C(=O)Nc2cc(N3CCCC(C)C3)c(C)cc2N)cc(OC)c1OC. The van der Waals surface area contributed by atoms with Gasteiger partial charge in [0.2, 0.25) is 5.75 Å². The third-order valence-corrected chi connectivity index (χ3v) is 5.54. The van der Waals surface area contributed by atoms with Gasteiger partial charge in [-0.1, -0.05) is 6.92 Å². The van der Waals surface area contributed by atoms with Crippen molar-refractivity contribution < 1.29 is 19.0 Å². The molecule has 2 aromatic rings. The zero-order valence-corrected chi connectivity index (χ0v) is 18.4. The second kappa shape index (κ2) is 9.15. The Bertz CT molecular complexity index is 904. The average molecular weight is 414 g/mol. The highest BCUT2D eigenvalue weighted by molar-refractivity contribution is 6.07. The molecule has 1 aliphatic heterocycles. The van der Waals surface area contributed by atoms with Gasteiger partial charge in [-0.2, -0.15) is 0 Å². The number of hydrogen-bond acceptors (Lipinski definition) is 6. The first kappa shape index (κ1) is 21.6. The van der Waals surface area contributed by atoms with Crippen molar-refractivity contribution in [2.24, 2.45) is 5.92 Å². The van der Waals surface area contributed by atoms with Crippen LogP contribution in [0.2, 0.25) is 0 Å². The number of anilines is 3. The summed E-state index contributed by atoms with van der Waals surface area (Å²) in [6, 6.07) is 7.13. The van der Waals surface area contributed by atoms with Crippen molar-refractivity contribution in [3.05, 3.63) is 35.4 Å². The highest BCUT2D eigenvalue weighted by atomic mass is 16.5. The molecule has 0 aliphatic carbocycles. The lowest BCUT2D eigenvalue weighted by Gasteiger charge is -2.34. The molecule has 2 aromatic carbocycles. The Kier molecular flexibility index (Phi) is 6.59. The molecule has 7 heteroatoms. The quantitative estimate of drug-likeness (QED) is 0.694. The summed E-state index contributed by atoms with van der Waals surface area (Å²) < 4.78 is 16.0. The lowest BCUT2D eigenvalue weighted by Crippen LogP contribution is -2.34. The molecule has 3 rings (SSSR count). The van der Waals surface area contributed by atoms with Crippen LogP contribution in [0.3, 0.4) is 0 Å². The average Bonchev–Trinajstić information content (AvgIpc) is 2.74. The van der Waals surface area contributed by atoms with Gasteiger partial charge in [0.05, 0.1) is 32.7 Å². The van der Waals surface area contributed by atoms with E-state index in [2.05, 4.69) is 24.1 Å². The maximum absolute atomic E-state index is 13.0. The monoisotopic (exact) mass is 413 g/mol. The lowest BCUT2D eigenvalue weighted by atomic mass is 9.98. The molecular formula is C23H31N3O4. The van der Waals surface area contributed by atoms with Gasteiger partial charge in [-0.3, -0.25) is 4.79 Å². The summed E-state index contributed by atoms with van der Waals surface area (Å²) in [5.74, 6) is 1.62. The van der Waals surface area contributed by atoms with Gasteiger partial charge in [0.25, 0.3) is 5.91 Å². The number of rotatable bonds is 6. The summed E-state index contributed by atoms with van der Waals surface area (Å²) in [4.78, 5) is 15.4. The summed E-state index contributed by atoms with van der Waals surface area (Å²) in [7, 11) is 4.56. The lowest BCUT2D eigenvalue weighted by molar-refractivity contribution is 0.102. The Morgan fingerprint density at radius 2 is 1.77 bits per heavy atom. The third kappa shape index (κ3) is 4.40. The first-order chi connectivity index (χ1) is 14.4. The molecule has 0 spiro atoms. The number of nitrogens with one attached hydrogen (secondary N) is 1. The van der Waals surface area contributed by atoms with Crippen LogP contribution in [-0.4, -0.2) is 40.3 Å². The smallest absolute Gasteiger partial charge is 0.255 e. The number of carbonyl (C=O) groups excluding carboxylic acids is 1. The van der Waals surface area contributed by atoms with E-state index in [0.29, 0.717) is 40.1 Å². The predicted octanol–water partition coefficient (Wildman–Crippen LogP) is 4.09. The van der Waals surface area contributed by atoms with Crippen LogP contribution < -0.4 is 30.2 Å². The van der Waals surface area contributed by atoms with E-state index in [0.717, 1.165) is 30.8 Å². The van der Waals surface area contributed by atoms with Gasteiger partial charge >= 0.3 is 0 Å². The fourth-order valence-corrected chi connectivity index (χ4v) is 3.98. The molecule has 0 radical (unpaired) electrons. The van der Waals surface area contributed by atoms with Gasteiger partial charge in [-0.05, 0) is 55.5 Å². The summed E-state index contributed by atoms with van der Waals surface area (Å²) >= 11 is 0. The van der Waals surface area contributed by atoms with Gasteiger partial charge in [0.15, 0.2) is 11.5 Å². The molecule has 7 nitrogen and oxygen atoms in total. The topological polar surface area (TPSA) is 86.1 Å². The van der Waals surface area contributed by atoms with E-state index in [1.165, 1.54) is 27.8 Å². The van der Waals surface area contributed by atoms with Crippen LogP contribution in [0.5, 0.6) is 17.2 Å².